The van der Waals surface area contributed by atoms with Crippen molar-refractivity contribution < 1.29 is 24.5 Å². The van der Waals surface area contributed by atoms with E-state index in [2.05, 4.69) is 15.9 Å². The Bertz CT molecular complexity index is 255. The van der Waals surface area contributed by atoms with Gasteiger partial charge >= 0.3 is 79.0 Å². The molecule has 0 aromatic heterocycles. The van der Waals surface area contributed by atoms with Gasteiger partial charge in [-0.2, -0.15) is 0 Å². The number of rotatable bonds is 3. The molecule has 0 unspecified atom stereocenters. The van der Waals surface area contributed by atoms with Gasteiger partial charge in [-0.05, 0) is 0 Å². The van der Waals surface area contributed by atoms with E-state index in [0.717, 1.165) is 10.9 Å². The number of allylic oxidation sites excluding steroid dienone is 4. The zero-order chi connectivity index (χ0) is 8.27. The first-order valence-electron chi connectivity index (χ1n) is 2.92. The summed E-state index contributed by atoms with van der Waals surface area (Å²) in [5.41, 5.74) is 0. The third-order valence-corrected chi connectivity index (χ3v) is 3.03. The van der Waals surface area contributed by atoms with Gasteiger partial charge in [0.05, 0.1) is 0 Å². The molecule has 2 nitrogen and oxygen atoms in total. The standard InChI is InChI=1S/C5H5.C2BrO2.Fe/c1-2-4-5-3-1;3-2(5)1-4;/h1-3H,4H2;;. The van der Waals surface area contributed by atoms with Crippen molar-refractivity contribution in [2.45, 2.75) is 6.42 Å². The molecule has 0 fully saturated rings. The Balaban J connectivity index is 2.44. The predicted molar refractivity (Wildman–Crippen MR) is 40.8 cm³/mol. The first-order valence-corrected chi connectivity index (χ1v) is 4.82. The van der Waals surface area contributed by atoms with Crippen LogP contribution in [0.2, 0.25) is 0 Å². The molecule has 0 heterocycles. The molecule has 0 saturated carbocycles. The Morgan fingerprint density at radius 1 is 1.55 bits per heavy atom. The molecule has 0 atom stereocenters. The molecule has 0 aromatic carbocycles. The van der Waals surface area contributed by atoms with Crippen LogP contribution in [0.25, 0.3) is 0 Å². The molecule has 60 valence electrons. The molecule has 0 N–H and O–H groups in total. The van der Waals surface area contributed by atoms with Crippen LogP contribution in [0.1, 0.15) is 6.42 Å². The van der Waals surface area contributed by atoms with Crippen molar-refractivity contribution in [2.24, 2.45) is 0 Å². The van der Waals surface area contributed by atoms with Crippen LogP contribution in [-0.2, 0) is 24.5 Å². The van der Waals surface area contributed by atoms with E-state index in [0.29, 0.717) is 0 Å². The minimum atomic E-state index is -0.537. The first-order chi connectivity index (χ1) is 5.20. The molecule has 1 rings (SSSR count). The summed E-state index contributed by atoms with van der Waals surface area (Å²) in [6.45, 7) is 0. The summed E-state index contributed by atoms with van der Waals surface area (Å²) in [5.74, 6) is 0. The molecular formula is C7H5BrFeO2. The van der Waals surface area contributed by atoms with Crippen LogP contribution in [0.3, 0.4) is 0 Å². The van der Waals surface area contributed by atoms with Gasteiger partial charge in [-0.15, -0.1) is 0 Å². The number of hydrogen-bond acceptors (Lipinski definition) is 2. The zero-order valence-electron chi connectivity index (χ0n) is 5.49. The van der Waals surface area contributed by atoms with Crippen LogP contribution in [0.5, 0.6) is 0 Å². The summed E-state index contributed by atoms with van der Waals surface area (Å²) in [6, 6.07) is 0. The van der Waals surface area contributed by atoms with Gasteiger partial charge in [0, 0.05) is 0 Å². The second-order valence-corrected chi connectivity index (χ2v) is 4.06. The molecule has 1 aliphatic carbocycles. The van der Waals surface area contributed by atoms with Crippen LogP contribution < -0.4 is 0 Å². The molecule has 11 heavy (non-hydrogen) atoms. The van der Waals surface area contributed by atoms with E-state index in [1.165, 1.54) is 0 Å². The Labute approximate surface area is 79.0 Å². The molecule has 0 radical (unpaired) electrons. The zero-order valence-corrected chi connectivity index (χ0v) is 8.18. The number of halogens is 1. The maximum absolute atomic E-state index is 10.8. The fourth-order valence-corrected chi connectivity index (χ4v) is 1.78. The molecule has 0 bridgehead atoms. The fraction of sp³-hybridized carbons (Fsp3) is 0.143. The Kier molecular flexibility index (Phi) is 3.24. The van der Waals surface area contributed by atoms with E-state index >= 15 is 0 Å². The number of hydrogen-bond donors (Lipinski definition) is 0. The summed E-state index contributed by atoms with van der Waals surface area (Å²) >= 11 is 2.86. The number of carbonyl (C=O) groups is 2. The van der Waals surface area contributed by atoms with Crippen molar-refractivity contribution >= 4 is 25.3 Å². The normalized spacial score (nSPS) is 15.2. The van der Waals surface area contributed by atoms with Crippen LogP contribution >= 0.6 is 15.9 Å². The van der Waals surface area contributed by atoms with Gasteiger partial charge in [-0.1, -0.05) is 0 Å². The van der Waals surface area contributed by atoms with Crippen molar-refractivity contribution in [1.29, 1.82) is 0 Å². The minimum absolute atomic E-state index is 0.247. The van der Waals surface area contributed by atoms with Gasteiger partial charge in [0.15, 0.2) is 0 Å². The monoisotopic (exact) mass is 256 g/mol. The predicted octanol–water partition coefficient (Wildman–Crippen LogP) is 1.36. The summed E-state index contributed by atoms with van der Waals surface area (Å²) in [4.78, 5) is 21.3. The topological polar surface area (TPSA) is 34.1 Å². The SMILES string of the molecule is O=C(Br)[C](=O)[Fe][C]1=CC=CC1. The maximum atomic E-state index is 10.8. The van der Waals surface area contributed by atoms with Crippen LogP contribution in [0.4, 0.5) is 0 Å². The molecule has 0 aromatic rings. The van der Waals surface area contributed by atoms with E-state index in [1.54, 1.807) is 0 Å². The fourth-order valence-electron chi connectivity index (χ4n) is 0.619. The molecule has 0 amide bonds. The van der Waals surface area contributed by atoms with E-state index in [-0.39, 0.29) is 19.6 Å². The second-order valence-electron chi connectivity index (χ2n) is 1.85. The molecule has 0 aliphatic heterocycles. The quantitative estimate of drug-likeness (QED) is 0.434. The number of carbonyl (C=O) groups excluding carboxylic acids is 2. The van der Waals surface area contributed by atoms with Crippen molar-refractivity contribution in [2.75, 3.05) is 0 Å². The average molecular weight is 257 g/mol. The molecule has 0 spiro atoms. The van der Waals surface area contributed by atoms with Gasteiger partial charge in [-0.25, -0.2) is 0 Å². The van der Waals surface area contributed by atoms with Gasteiger partial charge < -0.3 is 0 Å². The second kappa shape index (κ2) is 4.00. The Morgan fingerprint density at radius 2 is 2.27 bits per heavy atom. The van der Waals surface area contributed by atoms with E-state index in [4.69, 9.17) is 0 Å². The molecule has 1 aliphatic rings. The van der Waals surface area contributed by atoms with E-state index in [9.17, 15) is 9.59 Å². The van der Waals surface area contributed by atoms with Crippen molar-refractivity contribution in [3.8, 4) is 0 Å². The van der Waals surface area contributed by atoms with Crippen LogP contribution in [0.15, 0.2) is 22.7 Å². The third-order valence-electron chi connectivity index (χ3n) is 1.06. The summed E-state index contributed by atoms with van der Waals surface area (Å²) in [7, 11) is 0. The summed E-state index contributed by atoms with van der Waals surface area (Å²) in [6.07, 6.45) is 6.52. The van der Waals surface area contributed by atoms with Crippen molar-refractivity contribution in [1.82, 2.24) is 0 Å². The summed E-state index contributed by atoms with van der Waals surface area (Å²) in [5, 5.41) is 0. The third kappa shape index (κ3) is 2.73. The van der Waals surface area contributed by atoms with Gasteiger partial charge in [0.1, 0.15) is 0 Å². The first kappa shape index (κ1) is 8.91. The van der Waals surface area contributed by atoms with Gasteiger partial charge in [0.2, 0.25) is 0 Å². The van der Waals surface area contributed by atoms with Gasteiger partial charge in [0.25, 0.3) is 0 Å². The van der Waals surface area contributed by atoms with Crippen LogP contribution in [-0.4, -0.2) is 9.37 Å². The van der Waals surface area contributed by atoms with Crippen molar-refractivity contribution in [3.63, 3.8) is 0 Å². The molecule has 0 saturated heterocycles. The van der Waals surface area contributed by atoms with Crippen LogP contribution in [0, 0.1) is 0 Å². The van der Waals surface area contributed by atoms with Crippen molar-refractivity contribution in [3.05, 3.63) is 22.7 Å². The Hall–Kier alpha value is -0.181. The average Bonchev–Trinajstić information content (AvgIpc) is 2.39. The summed E-state index contributed by atoms with van der Waals surface area (Å²) < 4.78 is 0.0908. The Morgan fingerprint density at radius 3 is 2.73 bits per heavy atom. The molecular weight excluding hydrogens is 252 g/mol. The van der Waals surface area contributed by atoms with Gasteiger partial charge in [-0.3, -0.25) is 0 Å². The van der Waals surface area contributed by atoms with E-state index in [1.807, 2.05) is 18.2 Å². The van der Waals surface area contributed by atoms with E-state index < -0.39 is 4.69 Å². The molecule has 4 heteroatoms.